The fourth-order valence-electron chi connectivity index (χ4n) is 2.91. The Morgan fingerprint density at radius 1 is 1.12 bits per heavy atom. The molecule has 3 N–H and O–H groups in total. The molecule has 0 amide bonds. The van der Waals surface area contributed by atoms with Gasteiger partial charge in [0, 0.05) is 12.6 Å². The number of anilines is 1. The SMILES string of the molecule is CNc1[nH]c(=O)n(-c2ccc3nc[nH]c3c2)c1-c1ccc(C)cc1. The van der Waals surface area contributed by atoms with Gasteiger partial charge < -0.3 is 10.3 Å². The van der Waals surface area contributed by atoms with E-state index in [4.69, 9.17) is 0 Å². The van der Waals surface area contributed by atoms with Crippen LogP contribution in [0.15, 0.2) is 53.6 Å². The lowest BCUT2D eigenvalue weighted by Gasteiger charge is -2.10. The summed E-state index contributed by atoms with van der Waals surface area (Å²) in [4.78, 5) is 22.8. The Labute approximate surface area is 138 Å². The van der Waals surface area contributed by atoms with E-state index in [2.05, 4.69) is 20.3 Å². The molecule has 24 heavy (non-hydrogen) atoms. The predicted molar refractivity (Wildman–Crippen MR) is 95.8 cm³/mol. The van der Waals surface area contributed by atoms with Gasteiger partial charge in [0.25, 0.3) is 0 Å². The minimum Gasteiger partial charge on any atom is -0.373 e. The molecule has 2 aromatic carbocycles. The zero-order valence-corrected chi connectivity index (χ0v) is 13.4. The van der Waals surface area contributed by atoms with Crippen LogP contribution < -0.4 is 11.0 Å². The van der Waals surface area contributed by atoms with E-state index in [1.807, 2.05) is 49.4 Å². The topological polar surface area (TPSA) is 78.5 Å². The minimum atomic E-state index is -0.186. The van der Waals surface area contributed by atoms with Gasteiger partial charge in [0.1, 0.15) is 5.82 Å². The highest BCUT2D eigenvalue weighted by Gasteiger charge is 2.17. The first kappa shape index (κ1) is 14.3. The molecule has 4 aromatic rings. The molecule has 0 spiro atoms. The summed E-state index contributed by atoms with van der Waals surface area (Å²) >= 11 is 0. The Morgan fingerprint density at radius 3 is 2.67 bits per heavy atom. The maximum Gasteiger partial charge on any atom is 0.332 e. The molecule has 0 bridgehead atoms. The fraction of sp³-hybridized carbons (Fsp3) is 0.111. The molecule has 6 nitrogen and oxygen atoms in total. The number of H-pyrrole nitrogens is 2. The Bertz CT molecular complexity index is 1070. The largest absolute Gasteiger partial charge is 0.373 e. The van der Waals surface area contributed by atoms with Gasteiger partial charge >= 0.3 is 5.69 Å². The molecule has 2 aromatic heterocycles. The predicted octanol–water partition coefficient (Wildman–Crippen LogP) is 3.06. The lowest BCUT2D eigenvalue weighted by molar-refractivity contribution is 0.995. The highest BCUT2D eigenvalue weighted by molar-refractivity contribution is 5.79. The number of fused-ring (bicyclic) bond motifs is 1. The first-order valence-corrected chi connectivity index (χ1v) is 7.70. The van der Waals surface area contributed by atoms with Crippen molar-refractivity contribution < 1.29 is 0 Å². The quantitative estimate of drug-likeness (QED) is 0.543. The molecule has 0 aliphatic rings. The second-order valence-electron chi connectivity index (χ2n) is 5.71. The molecule has 0 aliphatic heterocycles. The van der Waals surface area contributed by atoms with Crippen molar-refractivity contribution in [1.29, 1.82) is 0 Å². The van der Waals surface area contributed by atoms with Gasteiger partial charge in [-0.05, 0) is 25.1 Å². The van der Waals surface area contributed by atoms with E-state index < -0.39 is 0 Å². The van der Waals surface area contributed by atoms with Crippen LogP contribution in [-0.2, 0) is 0 Å². The van der Waals surface area contributed by atoms with Crippen LogP contribution in [0.4, 0.5) is 5.82 Å². The lowest BCUT2D eigenvalue weighted by Crippen LogP contribution is -2.15. The number of benzene rings is 2. The summed E-state index contributed by atoms with van der Waals surface area (Å²) in [5.74, 6) is 0.688. The number of nitrogens with one attached hydrogen (secondary N) is 3. The zero-order chi connectivity index (χ0) is 16.7. The molecule has 6 heteroatoms. The molecule has 0 atom stereocenters. The van der Waals surface area contributed by atoms with E-state index in [1.54, 1.807) is 17.9 Å². The van der Waals surface area contributed by atoms with Crippen LogP contribution in [-0.4, -0.2) is 26.6 Å². The van der Waals surface area contributed by atoms with E-state index in [1.165, 1.54) is 5.56 Å². The molecule has 0 radical (unpaired) electrons. The molecule has 4 rings (SSSR count). The molecular weight excluding hydrogens is 302 g/mol. The molecule has 2 heterocycles. The normalized spacial score (nSPS) is 11.1. The Morgan fingerprint density at radius 2 is 1.92 bits per heavy atom. The number of aromatic nitrogens is 4. The summed E-state index contributed by atoms with van der Waals surface area (Å²) in [6.07, 6.45) is 1.65. The van der Waals surface area contributed by atoms with E-state index >= 15 is 0 Å². The first-order valence-electron chi connectivity index (χ1n) is 7.70. The summed E-state index contributed by atoms with van der Waals surface area (Å²) in [7, 11) is 1.80. The van der Waals surface area contributed by atoms with E-state index in [0.29, 0.717) is 5.82 Å². The first-order chi connectivity index (χ1) is 11.7. The highest BCUT2D eigenvalue weighted by Crippen LogP contribution is 2.28. The summed E-state index contributed by atoms with van der Waals surface area (Å²) in [6.45, 7) is 2.04. The molecular formula is C18H17N5O. The van der Waals surface area contributed by atoms with Crippen LogP contribution in [0.5, 0.6) is 0 Å². The number of hydrogen-bond acceptors (Lipinski definition) is 3. The van der Waals surface area contributed by atoms with Gasteiger partial charge in [-0.3, -0.25) is 9.55 Å². The molecule has 0 saturated heterocycles. The fourth-order valence-corrected chi connectivity index (χ4v) is 2.91. The third-order valence-corrected chi connectivity index (χ3v) is 4.13. The van der Waals surface area contributed by atoms with Gasteiger partial charge in [0.05, 0.1) is 28.7 Å². The van der Waals surface area contributed by atoms with E-state index in [0.717, 1.165) is 28.0 Å². The number of aryl methyl sites for hydroxylation is 1. The van der Waals surface area contributed by atoms with E-state index in [9.17, 15) is 4.79 Å². The van der Waals surface area contributed by atoms with Crippen molar-refractivity contribution in [2.45, 2.75) is 6.92 Å². The Hall–Kier alpha value is -3.28. The molecule has 0 aliphatic carbocycles. The van der Waals surface area contributed by atoms with Crippen LogP contribution in [0.25, 0.3) is 28.0 Å². The van der Waals surface area contributed by atoms with Crippen molar-refractivity contribution in [2.24, 2.45) is 0 Å². The van der Waals surface area contributed by atoms with Crippen LogP contribution in [0, 0.1) is 6.92 Å². The third kappa shape index (κ3) is 2.20. The van der Waals surface area contributed by atoms with Gasteiger partial charge in [0.2, 0.25) is 0 Å². The average molecular weight is 319 g/mol. The van der Waals surface area contributed by atoms with Crippen molar-refractivity contribution in [2.75, 3.05) is 12.4 Å². The highest BCUT2D eigenvalue weighted by atomic mass is 16.1. The molecule has 0 saturated carbocycles. The van der Waals surface area contributed by atoms with Gasteiger partial charge in [-0.1, -0.05) is 29.8 Å². The monoisotopic (exact) mass is 319 g/mol. The molecule has 120 valence electrons. The van der Waals surface area contributed by atoms with Crippen LogP contribution in [0.3, 0.4) is 0 Å². The number of rotatable bonds is 3. The van der Waals surface area contributed by atoms with Crippen molar-refractivity contribution >= 4 is 16.9 Å². The third-order valence-electron chi connectivity index (χ3n) is 4.13. The van der Waals surface area contributed by atoms with Crippen molar-refractivity contribution in [1.82, 2.24) is 19.5 Å². The van der Waals surface area contributed by atoms with Gasteiger partial charge in [-0.2, -0.15) is 0 Å². The number of imidazole rings is 2. The number of aromatic amines is 2. The van der Waals surface area contributed by atoms with Crippen molar-refractivity contribution in [3.05, 3.63) is 64.8 Å². The van der Waals surface area contributed by atoms with Gasteiger partial charge in [-0.25, -0.2) is 9.78 Å². The molecule has 0 fully saturated rings. The minimum absolute atomic E-state index is 0.186. The average Bonchev–Trinajstić information content (AvgIpc) is 3.18. The van der Waals surface area contributed by atoms with Crippen LogP contribution >= 0.6 is 0 Å². The summed E-state index contributed by atoms with van der Waals surface area (Å²) < 4.78 is 1.68. The van der Waals surface area contributed by atoms with Crippen LogP contribution in [0.2, 0.25) is 0 Å². The lowest BCUT2D eigenvalue weighted by atomic mass is 10.1. The Kier molecular flexibility index (Phi) is 3.23. The van der Waals surface area contributed by atoms with E-state index in [-0.39, 0.29) is 5.69 Å². The van der Waals surface area contributed by atoms with Gasteiger partial charge in [-0.15, -0.1) is 0 Å². The second-order valence-corrected chi connectivity index (χ2v) is 5.71. The van der Waals surface area contributed by atoms with Gasteiger partial charge in [0.15, 0.2) is 0 Å². The maximum absolute atomic E-state index is 12.6. The summed E-state index contributed by atoms with van der Waals surface area (Å²) in [5.41, 5.74) is 5.30. The van der Waals surface area contributed by atoms with Crippen molar-refractivity contribution in [3.63, 3.8) is 0 Å². The zero-order valence-electron chi connectivity index (χ0n) is 13.4. The second kappa shape index (κ2) is 5.42. The summed E-state index contributed by atoms with van der Waals surface area (Å²) in [5, 5.41) is 3.08. The standard InChI is InChI=1S/C18H17N5O/c1-11-3-5-12(6-4-11)16-17(19-2)22-18(24)23(16)13-7-8-14-15(9-13)21-10-20-14/h3-10,19H,1-2H3,(H,20,21)(H,22,24). The number of hydrogen-bond donors (Lipinski definition) is 3. The number of nitrogens with zero attached hydrogens (tertiary/aromatic N) is 2. The Balaban J connectivity index is 1.99. The molecule has 0 unspecified atom stereocenters. The smallest absolute Gasteiger partial charge is 0.332 e. The van der Waals surface area contributed by atoms with Crippen molar-refractivity contribution in [3.8, 4) is 16.9 Å². The maximum atomic E-state index is 12.6. The summed E-state index contributed by atoms with van der Waals surface area (Å²) in [6, 6.07) is 13.8. The van der Waals surface area contributed by atoms with Crippen LogP contribution in [0.1, 0.15) is 5.56 Å².